The van der Waals surface area contributed by atoms with Gasteiger partial charge in [0.15, 0.2) is 5.78 Å². The SMILES string of the molecule is CCOc1ccc(CCCCC(=O)c2ccc(CCC(C)(N)COP(=O)(O)O)s2)cc1. The van der Waals surface area contributed by atoms with Crippen molar-refractivity contribution in [2.75, 3.05) is 13.2 Å². The van der Waals surface area contributed by atoms with E-state index in [9.17, 15) is 9.36 Å². The van der Waals surface area contributed by atoms with Crippen LogP contribution in [0.4, 0.5) is 0 Å². The topological polar surface area (TPSA) is 119 Å². The number of carbonyl (C=O) groups excluding carboxylic acids is 1. The van der Waals surface area contributed by atoms with E-state index in [2.05, 4.69) is 16.7 Å². The van der Waals surface area contributed by atoms with Gasteiger partial charge in [-0.2, -0.15) is 0 Å². The first kappa shape index (κ1) is 25.7. The van der Waals surface area contributed by atoms with Gasteiger partial charge in [0.2, 0.25) is 0 Å². The van der Waals surface area contributed by atoms with Gasteiger partial charge in [-0.3, -0.25) is 9.32 Å². The fourth-order valence-electron chi connectivity index (χ4n) is 3.03. The second-order valence-corrected chi connectivity index (χ2v) is 10.3. The first-order valence-corrected chi connectivity index (χ1v) is 12.8. The minimum Gasteiger partial charge on any atom is -0.494 e. The van der Waals surface area contributed by atoms with Crippen LogP contribution in [0, 0.1) is 0 Å². The van der Waals surface area contributed by atoms with Crippen LogP contribution in [0.25, 0.3) is 0 Å². The molecule has 0 bridgehead atoms. The van der Waals surface area contributed by atoms with Crippen molar-refractivity contribution < 1.29 is 28.4 Å². The van der Waals surface area contributed by atoms with Crippen molar-refractivity contribution in [2.24, 2.45) is 5.73 Å². The number of aryl methyl sites for hydroxylation is 2. The minimum atomic E-state index is -4.53. The van der Waals surface area contributed by atoms with Gasteiger partial charge in [0.1, 0.15) is 5.75 Å². The Morgan fingerprint density at radius 2 is 1.84 bits per heavy atom. The standard InChI is InChI=1S/C22H32NO6PS/c1-3-28-18-10-8-17(9-11-18)6-4-5-7-20(24)21-13-12-19(31-21)14-15-22(2,23)16-29-30(25,26)27/h8-13H,3-7,14-16,23H2,1-2H3,(H2,25,26,27). The van der Waals surface area contributed by atoms with Gasteiger partial charge in [0.05, 0.1) is 18.1 Å². The Hall–Kier alpha value is -1.54. The van der Waals surface area contributed by atoms with Crippen molar-refractivity contribution in [1.29, 1.82) is 0 Å². The molecule has 1 aromatic heterocycles. The lowest BCUT2D eigenvalue weighted by atomic mass is 9.98. The molecule has 2 rings (SSSR count). The molecule has 9 heteroatoms. The number of benzene rings is 1. The molecule has 7 nitrogen and oxygen atoms in total. The Balaban J connectivity index is 1.71. The second-order valence-electron chi connectivity index (χ2n) is 7.89. The molecule has 2 aromatic rings. The molecule has 0 spiro atoms. The summed E-state index contributed by atoms with van der Waals surface area (Å²) in [5, 5.41) is 0. The summed E-state index contributed by atoms with van der Waals surface area (Å²) in [6, 6.07) is 11.8. The van der Waals surface area contributed by atoms with Crippen molar-refractivity contribution in [1.82, 2.24) is 0 Å². The minimum absolute atomic E-state index is 0.142. The first-order valence-electron chi connectivity index (χ1n) is 10.4. The predicted molar refractivity (Wildman–Crippen MR) is 123 cm³/mol. The van der Waals surface area contributed by atoms with Crippen molar-refractivity contribution in [2.45, 2.75) is 57.9 Å². The van der Waals surface area contributed by atoms with Crippen molar-refractivity contribution in [3.05, 3.63) is 51.7 Å². The van der Waals surface area contributed by atoms with Gasteiger partial charge in [-0.15, -0.1) is 11.3 Å². The van der Waals surface area contributed by atoms with Gasteiger partial charge in [0, 0.05) is 16.8 Å². The summed E-state index contributed by atoms with van der Waals surface area (Å²) >= 11 is 1.45. The lowest BCUT2D eigenvalue weighted by Gasteiger charge is -2.24. The Kier molecular flexibility index (Phi) is 9.88. The average Bonchev–Trinajstić information content (AvgIpc) is 3.19. The molecule has 0 amide bonds. The third-order valence-corrected chi connectivity index (χ3v) is 6.45. The van der Waals surface area contributed by atoms with Crippen molar-refractivity contribution >= 4 is 24.9 Å². The van der Waals surface area contributed by atoms with Crippen LogP contribution < -0.4 is 10.5 Å². The molecule has 1 aromatic carbocycles. The van der Waals surface area contributed by atoms with Gasteiger partial charge < -0.3 is 20.3 Å². The van der Waals surface area contributed by atoms with Crippen LogP contribution in [0.2, 0.25) is 0 Å². The van der Waals surface area contributed by atoms with Crippen LogP contribution in [-0.2, 0) is 21.9 Å². The molecule has 1 unspecified atom stereocenters. The van der Waals surface area contributed by atoms with Crippen LogP contribution in [0.3, 0.4) is 0 Å². The van der Waals surface area contributed by atoms with E-state index >= 15 is 0 Å². The van der Waals surface area contributed by atoms with Crippen LogP contribution in [0.5, 0.6) is 5.75 Å². The highest BCUT2D eigenvalue weighted by Gasteiger charge is 2.24. The highest BCUT2D eigenvalue weighted by atomic mass is 32.1. The molecule has 0 fully saturated rings. The third-order valence-electron chi connectivity index (χ3n) is 4.80. The Labute approximate surface area is 187 Å². The summed E-state index contributed by atoms with van der Waals surface area (Å²) in [6.45, 7) is 4.07. The Bertz CT molecular complexity index is 874. The Morgan fingerprint density at radius 1 is 1.13 bits per heavy atom. The molecule has 0 aliphatic heterocycles. The molecule has 0 aliphatic carbocycles. The highest BCUT2D eigenvalue weighted by molar-refractivity contribution is 7.46. The Morgan fingerprint density at radius 3 is 2.48 bits per heavy atom. The molecular weight excluding hydrogens is 437 g/mol. The first-order chi connectivity index (χ1) is 14.6. The van der Waals surface area contributed by atoms with Gasteiger partial charge in [-0.25, -0.2) is 4.57 Å². The normalized spacial score (nSPS) is 13.7. The zero-order chi connectivity index (χ0) is 22.9. The molecule has 0 saturated heterocycles. The fraction of sp³-hybridized carbons (Fsp3) is 0.500. The van der Waals surface area contributed by atoms with Crippen molar-refractivity contribution in [3.8, 4) is 5.75 Å². The van der Waals surface area contributed by atoms with Gasteiger partial charge in [-0.05, 0) is 75.8 Å². The van der Waals surface area contributed by atoms with Gasteiger partial charge >= 0.3 is 7.82 Å². The number of rotatable bonds is 14. The van der Waals surface area contributed by atoms with E-state index in [0.717, 1.165) is 34.8 Å². The maximum atomic E-state index is 12.5. The lowest BCUT2D eigenvalue weighted by Crippen LogP contribution is -2.41. The summed E-state index contributed by atoms with van der Waals surface area (Å²) in [4.78, 5) is 31.8. The van der Waals surface area contributed by atoms with E-state index in [4.69, 9.17) is 20.3 Å². The molecule has 172 valence electrons. The van der Waals surface area contributed by atoms with Crippen LogP contribution >= 0.6 is 19.2 Å². The second kappa shape index (κ2) is 11.9. The lowest BCUT2D eigenvalue weighted by molar-refractivity contribution is 0.0983. The summed E-state index contributed by atoms with van der Waals surface area (Å²) in [5.41, 5.74) is 6.43. The summed E-state index contributed by atoms with van der Waals surface area (Å²) in [5.74, 6) is 1.02. The number of ketones is 1. The largest absolute Gasteiger partial charge is 0.494 e. The number of hydrogen-bond acceptors (Lipinski definition) is 6. The van der Waals surface area contributed by atoms with Crippen LogP contribution in [0.15, 0.2) is 36.4 Å². The average molecular weight is 470 g/mol. The number of unbranched alkanes of at least 4 members (excludes halogenated alkanes) is 1. The molecule has 0 radical (unpaired) electrons. The van der Waals surface area contributed by atoms with E-state index in [1.807, 2.05) is 31.2 Å². The predicted octanol–water partition coefficient (Wildman–Crippen LogP) is 4.50. The number of ether oxygens (including phenoxy) is 1. The van der Waals surface area contributed by atoms with E-state index < -0.39 is 13.4 Å². The zero-order valence-corrected chi connectivity index (χ0v) is 19.8. The molecular formula is C22H32NO6PS. The molecule has 0 saturated carbocycles. The number of phosphoric acid groups is 1. The molecule has 0 aliphatic rings. The van der Waals surface area contributed by atoms with Crippen LogP contribution in [0.1, 0.15) is 59.6 Å². The number of hydrogen-bond donors (Lipinski definition) is 3. The quantitative estimate of drug-likeness (QED) is 0.212. The highest BCUT2D eigenvalue weighted by Crippen LogP contribution is 2.37. The smallest absolute Gasteiger partial charge is 0.469 e. The van der Waals surface area contributed by atoms with Gasteiger partial charge in [0.25, 0.3) is 0 Å². The number of carbonyl (C=O) groups is 1. The summed E-state index contributed by atoms with van der Waals surface area (Å²) in [7, 11) is -4.53. The third kappa shape index (κ3) is 10.1. The number of Topliss-reactive ketones (excluding diaryl/α,β-unsaturated/α-hetero) is 1. The van der Waals surface area contributed by atoms with E-state index in [0.29, 0.717) is 25.9 Å². The number of nitrogens with two attached hydrogens (primary N) is 1. The van der Waals surface area contributed by atoms with E-state index in [1.165, 1.54) is 16.9 Å². The monoisotopic (exact) mass is 469 g/mol. The number of thiophene rings is 1. The summed E-state index contributed by atoms with van der Waals surface area (Å²) < 4.78 is 20.8. The number of phosphoric ester groups is 1. The molecule has 31 heavy (non-hydrogen) atoms. The summed E-state index contributed by atoms with van der Waals surface area (Å²) in [6.07, 6.45) is 4.34. The van der Waals surface area contributed by atoms with Crippen molar-refractivity contribution in [3.63, 3.8) is 0 Å². The van der Waals surface area contributed by atoms with Crippen LogP contribution in [-0.4, -0.2) is 34.3 Å². The van der Waals surface area contributed by atoms with Gasteiger partial charge in [-0.1, -0.05) is 12.1 Å². The molecule has 1 atom stereocenters. The zero-order valence-electron chi connectivity index (χ0n) is 18.1. The molecule has 4 N–H and O–H groups in total. The fourth-order valence-corrected chi connectivity index (χ4v) is 4.47. The molecule has 1 heterocycles. The van der Waals surface area contributed by atoms with E-state index in [1.54, 1.807) is 6.92 Å². The van der Waals surface area contributed by atoms with E-state index in [-0.39, 0.29) is 12.4 Å². The maximum absolute atomic E-state index is 12.5. The maximum Gasteiger partial charge on any atom is 0.469 e.